The summed E-state index contributed by atoms with van der Waals surface area (Å²) in [6.07, 6.45) is -0.354. The number of ether oxygens (including phenoxy) is 1. The number of halogens is 1. The summed E-state index contributed by atoms with van der Waals surface area (Å²) < 4.78 is 5.19. The summed E-state index contributed by atoms with van der Waals surface area (Å²) in [6, 6.07) is 7.17. The molecule has 1 saturated heterocycles. The maximum Gasteiger partial charge on any atom is 0.264 e. The van der Waals surface area contributed by atoms with Crippen molar-refractivity contribution in [1.82, 2.24) is 10.2 Å². The third kappa shape index (κ3) is 4.04. The lowest BCUT2D eigenvalue weighted by molar-refractivity contribution is -0.138. The average Bonchev–Trinajstić information content (AvgIpc) is 3.11. The Labute approximate surface area is 144 Å². The molecule has 0 saturated carbocycles. The molecule has 1 aromatic rings. The van der Waals surface area contributed by atoms with Crippen molar-refractivity contribution in [1.29, 1.82) is 0 Å². The van der Waals surface area contributed by atoms with E-state index in [2.05, 4.69) is 10.5 Å². The van der Waals surface area contributed by atoms with Gasteiger partial charge in [0, 0.05) is 24.5 Å². The fraction of sp³-hybridized carbons (Fsp3) is 0.438. The van der Waals surface area contributed by atoms with E-state index in [1.807, 2.05) is 12.1 Å². The molecule has 1 fully saturated rings. The molecule has 0 aliphatic carbocycles. The highest BCUT2D eigenvalue weighted by atomic mass is 35.5. The minimum absolute atomic E-state index is 0.0467. The Balaban J connectivity index is 1.47. The number of amides is 2. The topological polar surface area (TPSA) is 80.2 Å². The van der Waals surface area contributed by atoms with Crippen LogP contribution in [0.25, 0.3) is 0 Å². The van der Waals surface area contributed by atoms with Crippen LogP contribution < -0.4 is 5.32 Å². The summed E-state index contributed by atoms with van der Waals surface area (Å²) >= 11 is 5.85. The Bertz CT molecular complexity index is 641. The lowest BCUT2D eigenvalue weighted by atomic mass is 10.0. The monoisotopic (exact) mass is 351 g/mol. The molecule has 1 atom stereocenters. The van der Waals surface area contributed by atoms with Crippen molar-refractivity contribution in [2.75, 3.05) is 32.8 Å². The molecule has 3 rings (SSSR count). The maximum absolute atomic E-state index is 12.1. The van der Waals surface area contributed by atoms with Gasteiger partial charge in [0.2, 0.25) is 12.0 Å². The largest absolute Gasteiger partial charge is 0.382 e. The zero-order valence-corrected chi connectivity index (χ0v) is 13.8. The highest BCUT2D eigenvalue weighted by Gasteiger charge is 2.29. The van der Waals surface area contributed by atoms with E-state index in [1.54, 1.807) is 17.0 Å². The first-order valence-corrected chi connectivity index (χ1v) is 8.13. The van der Waals surface area contributed by atoms with Gasteiger partial charge in [-0.05, 0) is 17.7 Å². The third-order valence-corrected chi connectivity index (χ3v) is 4.17. The Morgan fingerprint density at radius 2 is 1.96 bits per heavy atom. The van der Waals surface area contributed by atoms with Crippen LogP contribution in [0.4, 0.5) is 0 Å². The predicted molar refractivity (Wildman–Crippen MR) is 87.9 cm³/mol. The minimum atomic E-state index is -0.715. The molecule has 2 aliphatic rings. The quantitative estimate of drug-likeness (QED) is 0.870. The second-order valence-corrected chi connectivity index (χ2v) is 5.99. The van der Waals surface area contributed by atoms with E-state index < -0.39 is 6.10 Å². The van der Waals surface area contributed by atoms with Crippen LogP contribution in [0.3, 0.4) is 0 Å². The number of carbonyl (C=O) groups excluding carboxylic acids is 2. The highest BCUT2D eigenvalue weighted by Crippen LogP contribution is 2.18. The number of hydrogen-bond donors (Lipinski definition) is 1. The van der Waals surface area contributed by atoms with Gasteiger partial charge in [-0.3, -0.25) is 9.59 Å². The summed E-state index contributed by atoms with van der Waals surface area (Å²) in [6.45, 7) is 2.12. The van der Waals surface area contributed by atoms with Gasteiger partial charge in [-0.1, -0.05) is 28.9 Å². The van der Waals surface area contributed by atoms with Gasteiger partial charge in [-0.25, -0.2) is 0 Å². The fourth-order valence-electron chi connectivity index (χ4n) is 2.53. The molecule has 0 unspecified atom stereocenters. The number of carbonyl (C=O) groups is 2. The fourth-order valence-corrected chi connectivity index (χ4v) is 2.66. The van der Waals surface area contributed by atoms with Gasteiger partial charge in [-0.2, -0.15) is 0 Å². The van der Waals surface area contributed by atoms with Crippen LogP contribution in [-0.2, 0) is 19.2 Å². The normalized spacial score (nSPS) is 20.3. The first-order chi connectivity index (χ1) is 11.6. The van der Waals surface area contributed by atoms with Crippen molar-refractivity contribution < 1.29 is 19.2 Å². The molecule has 2 heterocycles. The van der Waals surface area contributed by atoms with Crippen LogP contribution >= 0.6 is 11.6 Å². The van der Waals surface area contributed by atoms with Gasteiger partial charge in [-0.15, -0.1) is 0 Å². The average molecular weight is 352 g/mol. The van der Waals surface area contributed by atoms with Crippen molar-refractivity contribution in [3.8, 4) is 0 Å². The van der Waals surface area contributed by atoms with Gasteiger partial charge < -0.3 is 19.8 Å². The summed E-state index contributed by atoms with van der Waals surface area (Å²) in [4.78, 5) is 31.0. The molecule has 1 N–H and O–H groups in total. The molecule has 0 bridgehead atoms. The molecule has 2 amide bonds. The van der Waals surface area contributed by atoms with Gasteiger partial charge >= 0.3 is 0 Å². The number of nitrogens with one attached hydrogen (secondary N) is 1. The van der Waals surface area contributed by atoms with E-state index in [-0.39, 0.29) is 18.4 Å². The van der Waals surface area contributed by atoms with Crippen LogP contribution in [0.1, 0.15) is 12.0 Å². The number of hydrogen-bond acceptors (Lipinski definition) is 5. The van der Waals surface area contributed by atoms with Crippen LogP contribution in [0.5, 0.6) is 0 Å². The number of oxime groups is 1. The molecule has 0 aromatic heterocycles. The standard InChI is InChI=1S/C16H18ClN3O4/c17-12-3-1-11(2-4-12)13-9-14(24-19-13)16(22)18-10-15(21)20-5-7-23-8-6-20/h1-4,14H,5-10H2,(H,18,22)/t14-/m0/s1. The van der Waals surface area contributed by atoms with Crippen LogP contribution in [0.2, 0.25) is 5.02 Å². The van der Waals surface area contributed by atoms with E-state index in [9.17, 15) is 9.59 Å². The number of morpholine rings is 1. The molecule has 24 heavy (non-hydrogen) atoms. The van der Waals surface area contributed by atoms with Crippen molar-refractivity contribution in [3.63, 3.8) is 0 Å². The SMILES string of the molecule is O=C(NCC(=O)N1CCOCC1)[C@@H]1CC(c2ccc(Cl)cc2)=NO1. The molecule has 0 radical (unpaired) electrons. The summed E-state index contributed by atoms with van der Waals surface area (Å²) in [7, 11) is 0. The van der Waals surface area contributed by atoms with E-state index >= 15 is 0 Å². The minimum Gasteiger partial charge on any atom is -0.382 e. The second-order valence-electron chi connectivity index (χ2n) is 5.55. The molecular formula is C16H18ClN3O4. The lowest BCUT2D eigenvalue weighted by Gasteiger charge is -2.27. The summed E-state index contributed by atoms with van der Waals surface area (Å²) in [5, 5.41) is 7.20. The molecular weight excluding hydrogens is 334 g/mol. The number of rotatable bonds is 4. The molecule has 128 valence electrons. The van der Waals surface area contributed by atoms with Gasteiger partial charge in [0.1, 0.15) is 0 Å². The smallest absolute Gasteiger partial charge is 0.264 e. The second kappa shape index (κ2) is 7.63. The van der Waals surface area contributed by atoms with E-state index in [4.69, 9.17) is 21.2 Å². The zero-order chi connectivity index (χ0) is 16.9. The zero-order valence-electron chi connectivity index (χ0n) is 13.0. The Morgan fingerprint density at radius 3 is 2.67 bits per heavy atom. The van der Waals surface area contributed by atoms with Gasteiger partial charge in [0.25, 0.3) is 5.91 Å². The van der Waals surface area contributed by atoms with Gasteiger partial charge in [0.15, 0.2) is 0 Å². The predicted octanol–water partition coefficient (Wildman–Crippen LogP) is 0.808. The molecule has 8 heteroatoms. The molecule has 0 spiro atoms. The molecule has 2 aliphatic heterocycles. The molecule has 7 nitrogen and oxygen atoms in total. The van der Waals surface area contributed by atoms with Crippen LogP contribution in [0, 0.1) is 0 Å². The van der Waals surface area contributed by atoms with E-state index in [0.29, 0.717) is 43.5 Å². The van der Waals surface area contributed by atoms with Crippen LogP contribution in [-0.4, -0.2) is 61.4 Å². The highest BCUT2D eigenvalue weighted by molar-refractivity contribution is 6.30. The third-order valence-electron chi connectivity index (χ3n) is 3.92. The van der Waals surface area contributed by atoms with Crippen molar-refractivity contribution >= 4 is 29.1 Å². The van der Waals surface area contributed by atoms with Crippen molar-refractivity contribution in [2.45, 2.75) is 12.5 Å². The number of benzene rings is 1. The van der Waals surface area contributed by atoms with Crippen molar-refractivity contribution in [2.24, 2.45) is 5.16 Å². The molecule has 1 aromatic carbocycles. The maximum atomic E-state index is 12.1. The first-order valence-electron chi connectivity index (χ1n) is 7.75. The lowest BCUT2D eigenvalue weighted by Crippen LogP contribution is -2.47. The summed E-state index contributed by atoms with van der Waals surface area (Å²) in [5.41, 5.74) is 1.55. The number of nitrogens with zero attached hydrogens (tertiary/aromatic N) is 2. The first kappa shape index (κ1) is 16.7. The Kier molecular flexibility index (Phi) is 5.32. The Morgan fingerprint density at radius 1 is 1.25 bits per heavy atom. The van der Waals surface area contributed by atoms with Gasteiger partial charge in [0.05, 0.1) is 25.5 Å². The van der Waals surface area contributed by atoms with Crippen LogP contribution in [0.15, 0.2) is 29.4 Å². The van der Waals surface area contributed by atoms with E-state index in [0.717, 1.165) is 5.56 Å². The summed E-state index contributed by atoms with van der Waals surface area (Å²) in [5.74, 6) is -0.465. The van der Waals surface area contributed by atoms with Crippen molar-refractivity contribution in [3.05, 3.63) is 34.9 Å². The van der Waals surface area contributed by atoms with E-state index in [1.165, 1.54) is 0 Å². The Hall–Kier alpha value is -2.12.